The number of para-hydroxylation sites is 1. The van der Waals surface area contributed by atoms with Crippen LogP contribution < -0.4 is 4.74 Å². The molecule has 0 aliphatic rings. The van der Waals surface area contributed by atoms with Crippen molar-refractivity contribution in [2.45, 2.75) is 20.3 Å². The molecule has 112 valence electrons. The van der Waals surface area contributed by atoms with E-state index < -0.39 is 0 Å². The average Bonchev–Trinajstić information content (AvgIpc) is 2.51. The van der Waals surface area contributed by atoms with Gasteiger partial charge in [-0.1, -0.05) is 23.8 Å². The number of aromatic hydroxyl groups is 1. The van der Waals surface area contributed by atoms with E-state index in [1.54, 1.807) is 19.2 Å². The van der Waals surface area contributed by atoms with Crippen LogP contribution in [0.4, 0.5) is 0 Å². The van der Waals surface area contributed by atoms with Crippen molar-refractivity contribution in [3.63, 3.8) is 0 Å². The number of aromatic nitrogens is 2. The van der Waals surface area contributed by atoms with Crippen molar-refractivity contribution in [2.24, 2.45) is 0 Å². The predicted octanol–water partition coefficient (Wildman–Crippen LogP) is 4.01. The lowest BCUT2D eigenvalue weighted by Gasteiger charge is -2.10. The molecule has 1 heterocycles. The lowest BCUT2D eigenvalue weighted by Crippen LogP contribution is -1.96. The van der Waals surface area contributed by atoms with Crippen LogP contribution >= 0.6 is 0 Å². The third-order valence-electron chi connectivity index (χ3n) is 3.60. The summed E-state index contributed by atoms with van der Waals surface area (Å²) in [7, 11) is 1.62. The van der Waals surface area contributed by atoms with Gasteiger partial charge in [0.05, 0.1) is 18.1 Å². The molecule has 4 nitrogen and oxygen atoms in total. The van der Waals surface area contributed by atoms with Gasteiger partial charge in [0, 0.05) is 0 Å². The number of hydrogen-bond acceptors (Lipinski definition) is 4. The Morgan fingerprint density at radius 1 is 1.09 bits per heavy atom. The normalized spacial score (nSPS) is 10.9. The summed E-state index contributed by atoms with van der Waals surface area (Å²) < 4.78 is 5.41. The number of methoxy groups -OCH3 is 1. The van der Waals surface area contributed by atoms with Crippen LogP contribution in [0, 0.1) is 0 Å². The Labute approximate surface area is 129 Å². The summed E-state index contributed by atoms with van der Waals surface area (Å²) in [6, 6.07) is 9.14. The van der Waals surface area contributed by atoms with Gasteiger partial charge >= 0.3 is 0 Å². The molecule has 0 atom stereocenters. The largest absolute Gasteiger partial charge is 0.506 e. The fourth-order valence-electron chi connectivity index (χ4n) is 2.44. The minimum Gasteiger partial charge on any atom is -0.506 e. The second-order valence-corrected chi connectivity index (χ2v) is 5.48. The van der Waals surface area contributed by atoms with Crippen molar-refractivity contribution in [1.82, 2.24) is 9.97 Å². The highest BCUT2D eigenvalue weighted by Crippen LogP contribution is 2.30. The molecule has 0 aliphatic heterocycles. The third kappa shape index (κ3) is 2.48. The molecule has 22 heavy (non-hydrogen) atoms. The van der Waals surface area contributed by atoms with Gasteiger partial charge < -0.3 is 9.84 Å². The van der Waals surface area contributed by atoms with E-state index in [4.69, 9.17) is 4.74 Å². The molecule has 3 rings (SSSR count). The summed E-state index contributed by atoms with van der Waals surface area (Å²) in [5.41, 5.74) is 4.98. The molecule has 0 unspecified atom stereocenters. The van der Waals surface area contributed by atoms with Crippen LogP contribution in [0.2, 0.25) is 0 Å². The molecule has 0 fully saturated rings. The maximum absolute atomic E-state index is 10.0. The summed E-state index contributed by atoms with van der Waals surface area (Å²) in [6.45, 7) is 4.14. The highest BCUT2D eigenvalue weighted by Gasteiger charge is 2.12. The van der Waals surface area contributed by atoms with Crippen LogP contribution in [0.15, 0.2) is 42.0 Å². The fourth-order valence-corrected chi connectivity index (χ4v) is 2.44. The van der Waals surface area contributed by atoms with Crippen LogP contribution in [0.3, 0.4) is 0 Å². The van der Waals surface area contributed by atoms with Gasteiger partial charge in [-0.15, -0.1) is 0 Å². The van der Waals surface area contributed by atoms with Gasteiger partial charge in [-0.3, -0.25) is 0 Å². The number of phenols is 1. The number of fused-ring (bicyclic) bond motifs is 2. The number of nitrogens with zero attached hydrogens (tertiary/aromatic N) is 2. The molecule has 0 saturated carbocycles. The zero-order valence-corrected chi connectivity index (χ0v) is 12.9. The van der Waals surface area contributed by atoms with Crippen LogP contribution in [0.1, 0.15) is 19.4 Å². The number of rotatable bonds is 3. The van der Waals surface area contributed by atoms with Crippen molar-refractivity contribution < 1.29 is 9.84 Å². The maximum Gasteiger partial charge on any atom is 0.146 e. The number of ether oxygens (including phenoxy) is 1. The van der Waals surface area contributed by atoms with Gasteiger partial charge in [0.15, 0.2) is 0 Å². The minimum atomic E-state index is 0.142. The van der Waals surface area contributed by atoms with E-state index in [-0.39, 0.29) is 5.75 Å². The molecular weight excluding hydrogens is 276 g/mol. The van der Waals surface area contributed by atoms with E-state index in [0.717, 1.165) is 23.0 Å². The van der Waals surface area contributed by atoms with E-state index in [2.05, 4.69) is 29.9 Å². The maximum atomic E-state index is 10.0. The van der Waals surface area contributed by atoms with Gasteiger partial charge in [-0.2, -0.15) is 0 Å². The summed E-state index contributed by atoms with van der Waals surface area (Å²) in [5, 5.41) is 10.0. The summed E-state index contributed by atoms with van der Waals surface area (Å²) in [5.74, 6) is 0.830. The molecule has 0 aliphatic carbocycles. The Hall–Kier alpha value is -2.62. The molecule has 1 N–H and O–H groups in total. The summed E-state index contributed by atoms with van der Waals surface area (Å²) in [6.07, 6.45) is 2.93. The van der Waals surface area contributed by atoms with Crippen molar-refractivity contribution in [3.05, 3.63) is 47.5 Å². The van der Waals surface area contributed by atoms with Gasteiger partial charge in [0.2, 0.25) is 0 Å². The molecule has 0 amide bonds. The van der Waals surface area contributed by atoms with E-state index in [1.807, 2.05) is 18.2 Å². The Bertz CT molecular complexity index is 881. The lowest BCUT2D eigenvalue weighted by molar-refractivity contribution is 0.419. The second-order valence-electron chi connectivity index (χ2n) is 5.48. The quantitative estimate of drug-likeness (QED) is 0.586. The number of phenolic OH excluding ortho intramolecular Hbond substituents is 1. The minimum absolute atomic E-state index is 0.142. The molecule has 0 saturated heterocycles. The number of allylic oxidation sites excluding steroid dienone is 2. The van der Waals surface area contributed by atoms with Crippen LogP contribution in [-0.4, -0.2) is 22.2 Å². The molecule has 0 radical (unpaired) electrons. The second kappa shape index (κ2) is 5.64. The monoisotopic (exact) mass is 294 g/mol. The van der Waals surface area contributed by atoms with Crippen molar-refractivity contribution in [2.75, 3.05) is 7.11 Å². The van der Waals surface area contributed by atoms with Gasteiger partial charge in [0.1, 0.15) is 22.5 Å². The first-order valence-electron chi connectivity index (χ1n) is 7.19. The lowest BCUT2D eigenvalue weighted by atomic mass is 10.1. The van der Waals surface area contributed by atoms with Crippen LogP contribution in [0.5, 0.6) is 11.5 Å². The Balaban J connectivity index is 2.33. The molecule has 0 spiro atoms. The van der Waals surface area contributed by atoms with Crippen LogP contribution in [-0.2, 0) is 6.42 Å². The molecule has 0 bridgehead atoms. The van der Waals surface area contributed by atoms with Gasteiger partial charge in [0.25, 0.3) is 0 Å². The molecule has 3 aromatic rings. The molecule has 2 aromatic carbocycles. The standard InChI is InChI=1S/C18H18N2O2/c1-11(2)7-8-12-9-10-15(22-3)18-16(12)20-17-13(19-18)5-4-6-14(17)21/h4-7,9-10,21H,8H2,1-3H3. The third-order valence-corrected chi connectivity index (χ3v) is 3.60. The first-order chi connectivity index (χ1) is 10.6. The van der Waals surface area contributed by atoms with Crippen molar-refractivity contribution in [3.8, 4) is 11.5 Å². The zero-order valence-electron chi connectivity index (χ0n) is 12.9. The van der Waals surface area contributed by atoms with E-state index in [9.17, 15) is 5.11 Å². The summed E-state index contributed by atoms with van der Waals surface area (Å²) in [4.78, 5) is 9.27. The fraction of sp³-hybridized carbons (Fsp3) is 0.222. The van der Waals surface area contributed by atoms with E-state index in [0.29, 0.717) is 16.8 Å². The van der Waals surface area contributed by atoms with Crippen LogP contribution in [0.25, 0.3) is 22.1 Å². The Kier molecular flexibility index (Phi) is 3.67. The zero-order chi connectivity index (χ0) is 15.7. The highest BCUT2D eigenvalue weighted by molar-refractivity contribution is 5.93. The number of hydrogen-bond donors (Lipinski definition) is 1. The smallest absolute Gasteiger partial charge is 0.146 e. The number of benzene rings is 2. The van der Waals surface area contributed by atoms with Crippen molar-refractivity contribution in [1.29, 1.82) is 0 Å². The Morgan fingerprint density at radius 2 is 1.91 bits per heavy atom. The van der Waals surface area contributed by atoms with E-state index >= 15 is 0 Å². The molecule has 1 aromatic heterocycles. The average molecular weight is 294 g/mol. The van der Waals surface area contributed by atoms with E-state index in [1.165, 1.54) is 5.57 Å². The first-order valence-corrected chi connectivity index (χ1v) is 7.19. The van der Waals surface area contributed by atoms with Gasteiger partial charge in [-0.25, -0.2) is 9.97 Å². The summed E-state index contributed by atoms with van der Waals surface area (Å²) >= 11 is 0. The first kappa shape index (κ1) is 14.3. The Morgan fingerprint density at radius 3 is 2.64 bits per heavy atom. The molecule has 4 heteroatoms. The van der Waals surface area contributed by atoms with Gasteiger partial charge in [-0.05, 0) is 44.0 Å². The molecular formula is C18H18N2O2. The topological polar surface area (TPSA) is 55.2 Å². The van der Waals surface area contributed by atoms with Crippen molar-refractivity contribution >= 4 is 22.1 Å². The SMILES string of the molecule is COc1ccc(CC=C(C)C)c2nc3c(O)cccc3nc12. The highest BCUT2D eigenvalue weighted by atomic mass is 16.5. The predicted molar refractivity (Wildman–Crippen MR) is 88.4 cm³/mol.